The number of aliphatic hydroxyl groups excluding tert-OH is 2. The first kappa shape index (κ1) is 27.1. The number of aliphatic hydroxyl groups is 2. The molecule has 0 saturated heterocycles. The fraction of sp³-hybridized carbons (Fsp3) is 0. The second-order valence-electron chi connectivity index (χ2n) is 7.25. The summed E-state index contributed by atoms with van der Waals surface area (Å²) in [6.07, 6.45) is 2.48. The van der Waals surface area contributed by atoms with Gasteiger partial charge < -0.3 is 10.2 Å². The largest absolute Gasteiger partial charge is 0.507 e. The van der Waals surface area contributed by atoms with E-state index in [2.05, 4.69) is 0 Å². The smallest absolute Gasteiger partial charge is 0.189 e. The van der Waals surface area contributed by atoms with Crippen LogP contribution in [-0.4, -0.2) is 21.8 Å². The molecule has 0 spiro atoms. The summed E-state index contributed by atoms with van der Waals surface area (Å²) >= 11 is 0. The van der Waals surface area contributed by atoms with E-state index in [1.165, 1.54) is 12.2 Å². The van der Waals surface area contributed by atoms with Crippen LogP contribution >= 0.6 is 0 Å². The fourth-order valence-corrected chi connectivity index (χ4v) is 3.00. The molecule has 4 rings (SSSR count). The van der Waals surface area contributed by atoms with E-state index in [0.717, 1.165) is 0 Å². The van der Waals surface area contributed by atoms with Gasteiger partial charge >= 0.3 is 0 Å². The van der Waals surface area contributed by atoms with Crippen LogP contribution in [0, 0.1) is 0 Å². The van der Waals surface area contributed by atoms with Gasteiger partial charge in [-0.25, -0.2) is 0 Å². The van der Waals surface area contributed by atoms with Crippen LogP contribution < -0.4 is 0 Å². The van der Waals surface area contributed by atoms with E-state index in [0.29, 0.717) is 22.3 Å². The summed E-state index contributed by atoms with van der Waals surface area (Å²) in [7, 11) is 0. The van der Waals surface area contributed by atoms with E-state index >= 15 is 0 Å². The Morgan fingerprint density at radius 1 is 0.429 bits per heavy atom. The molecule has 35 heavy (non-hydrogen) atoms. The molecule has 177 valence electrons. The average molecular weight is 507 g/mol. The van der Waals surface area contributed by atoms with Gasteiger partial charge in [-0.3, -0.25) is 9.59 Å². The Morgan fingerprint density at radius 3 is 0.914 bits per heavy atom. The normalized spacial score (nSPS) is 10.9. The van der Waals surface area contributed by atoms with E-state index in [4.69, 9.17) is 0 Å². The molecule has 0 aliphatic heterocycles. The standard InChI is InChI=1S/2C15H12O2.Co/c2*16-14(12-7-3-1-4-8-12)11-15(17)13-9-5-2-6-10-13;/h2*1-11,16H;. The van der Waals surface area contributed by atoms with Crippen molar-refractivity contribution >= 4 is 23.1 Å². The van der Waals surface area contributed by atoms with Gasteiger partial charge in [-0.1, -0.05) is 121 Å². The van der Waals surface area contributed by atoms with Gasteiger partial charge in [0.1, 0.15) is 11.5 Å². The quantitative estimate of drug-likeness (QED) is 0.169. The number of rotatable bonds is 6. The van der Waals surface area contributed by atoms with Gasteiger partial charge in [-0.05, 0) is 0 Å². The molecule has 0 amide bonds. The summed E-state index contributed by atoms with van der Waals surface area (Å²) in [5.74, 6) is -0.433. The maximum atomic E-state index is 11.8. The first-order chi connectivity index (χ1) is 16.5. The van der Waals surface area contributed by atoms with Crippen LogP contribution in [0.3, 0.4) is 0 Å². The monoisotopic (exact) mass is 507 g/mol. The Kier molecular flexibility index (Phi) is 10.9. The zero-order valence-corrected chi connectivity index (χ0v) is 19.8. The van der Waals surface area contributed by atoms with Crippen LogP contribution in [0.4, 0.5) is 0 Å². The van der Waals surface area contributed by atoms with E-state index < -0.39 is 0 Å². The van der Waals surface area contributed by atoms with Gasteiger partial charge in [0.15, 0.2) is 11.6 Å². The van der Waals surface area contributed by atoms with Crippen LogP contribution in [0.15, 0.2) is 133 Å². The Balaban J connectivity index is 0.000000240. The third kappa shape index (κ3) is 8.59. The molecule has 0 aliphatic rings. The minimum Gasteiger partial charge on any atom is -0.507 e. The predicted octanol–water partition coefficient (Wildman–Crippen LogP) is 6.93. The van der Waals surface area contributed by atoms with E-state index in [1.807, 2.05) is 48.5 Å². The Bertz CT molecular complexity index is 1160. The predicted molar refractivity (Wildman–Crippen MR) is 136 cm³/mol. The molecule has 4 nitrogen and oxygen atoms in total. The maximum absolute atomic E-state index is 11.8. The van der Waals surface area contributed by atoms with Crippen molar-refractivity contribution < 1.29 is 36.6 Å². The van der Waals surface area contributed by atoms with Crippen molar-refractivity contribution in [3.63, 3.8) is 0 Å². The first-order valence-corrected chi connectivity index (χ1v) is 10.7. The first-order valence-electron chi connectivity index (χ1n) is 10.7. The molecule has 5 heteroatoms. The van der Waals surface area contributed by atoms with E-state index in [9.17, 15) is 19.8 Å². The third-order valence-corrected chi connectivity index (χ3v) is 4.79. The summed E-state index contributed by atoms with van der Waals surface area (Å²) in [6, 6.07) is 35.7. The molecule has 2 N–H and O–H groups in total. The molecule has 4 aromatic carbocycles. The number of ketones is 2. The number of hydrogen-bond donors (Lipinski definition) is 2. The molecule has 0 unspecified atom stereocenters. The Hall–Kier alpha value is -4.19. The minimum atomic E-state index is -0.202. The second kappa shape index (κ2) is 14.2. The van der Waals surface area contributed by atoms with Crippen LogP contribution in [0.25, 0.3) is 11.5 Å². The molecule has 1 radical (unpaired) electrons. The van der Waals surface area contributed by atoms with Gasteiger partial charge in [-0.15, -0.1) is 0 Å². The summed E-state index contributed by atoms with van der Waals surface area (Å²) < 4.78 is 0. The number of hydrogen-bond acceptors (Lipinski definition) is 4. The summed E-state index contributed by atoms with van der Waals surface area (Å²) in [6.45, 7) is 0. The second-order valence-corrected chi connectivity index (χ2v) is 7.25. The number of carbonyl (C=O) groups is 2. The van der Waals surface area contributed by atoms with Crippen molar-refractivity contribution in [1.82, 2.24) is 0 Å². The van der Waals surface area contributed by atoms with E-state index in [-0.39, 0.29) is 39.9 Å². The molecular formula is C30H24CoO4. The molecule has 0 aliphatic carbocycles. The average Bonchev–Trinajstić information content (AvgIpc) is 2.91. The van der Waals surface area contributed by atoms with Gasteiger partial charge in [0, 0.05) is 51.2 Å². The van der Waals surface area contributed by atoms with Gasteiger partial charge in [0.05, 0.1) is 0 Å². The summed E-state index contributed by atoms with van der Waals surface area (Å²) in [5.41, 5.74) is 2.40. The number of benzene rings is 4. The Morgan fingerprint density at radius 2 is 0.657 bits per heavy atom. The number of allylic oxidation sites excluding steroid dienone is 2. The van der Waals surface area contributed by atoms with Gasteiger partial charge in [-0.2, -0.15) is 0 Å². The minimum absolute atomic E-state index is 0. The molecule has 0 aromatic heterocycles. The summed E-state index contributed by atoms with van der Waals surface area (Å²) in [4.78, 5) is 23.6. The molecule has 0 heterocycles. The number of carbonyl (C=O) groups excluding carboxylic acids is 2. The fourth-order valence-electron chi connectivity index (χ4n) is 3.00. The van der Waals surface area contributed by atoms with Crippen molar-refractivity contribution in [2.45, 2.75) is 0 Å². The third-order valence-electron chi connectivity index (χ3n) is 4.79. The zero-order chi connectivity index (χ0) is 24.2. The molecule has 4 aromatic rings. The van der Waals surface area contributed by atoms with Crippen molar-refractivity contribution in [2.24, 2.45) is 0 Å². The van der Waals surface area contributed by atoms with Crippen LogP contribution in [0.1, 0.15) is 31.8 Å². The van der Waals surface area contributed by atoms with Crippen LogP contribution in [0.5, 0.6) is 0 Å². The van der Waals surface area contributed by atoms with E-state index in [1.54, 1.807) is 72.8 Å². The molecule has 0 saturated carbocycles. The Labute approximate surface area is 215 Å². The molecule has 0 fully saturated rings. The van der Waals surface area contributed by atoms with Crippen molar-refractivity contribution in [1.29, 1.82) is 0 Å². The maximum Gasteiger partial charge on any atom is 0.189 e. The topological polar surface area (TPSA) is 74.6 Å². The van der Waals surface area contributed by atoms with Crippen molar-refractivity contribution in [2.75, 3.05) is 0 Å². The van der Waals surface area contributed by atoms with Crippen LogP contribution in [-0.2, 0) is 16.8 Å². The zero-order valence-electron chi connectivity index (χ0n) is 18.7. The molecular weight excluding hydrogens is 483 g/mol. The molecule has 0 bridgehead atoms. The van der Waals surface area contributed by atoms with Gasteiger partial charge in [0.25, 0.3) is 0 Å². The molecule has 0 atom stereocenters. The van der Waals surface area contributed by atoms with Crippen molar-refractivity contribution in [3.05, 3.63) is 156 Å². The summed E-state index contributed by atoms with van der Waals surface area (Å²) in [5, 5.41) is 19.6. The van der Waals surface area contributed by atoms with Crippen molar-refractivity contribution in [3.8, 4) is 0 Å². The van der Waals surface area contributed by atoms with Gasteiger partial charge in [0.2, 0.25) is 0 Å². The SMILES string of the molecule is O=C(C=C(O)c1ccccc1)c1ccccc1.O=C(C=C(O)c1ccccc1)c1ccccc1.[Co]. The van der Waals surface area contributed by atoms with Crippen LogP contribution in [0.2, 0.25) is 0 Å².